The summed E-state index contributed by atoms with van der Waals surface area (Å²) in [5.74, 6) is 0.523. The zero-order valence-electron chi connectivity index (χ0n) is 20.6. The van der Waals surface area contributed by atoms with E-state index in [1.807, 2.05) is 29.6 Å². The quantitative estimate of drug-likeness (QED) is 0.293. The van der Waals surface area contributed by atoms with Crippen molar-refractivity contribution in [3.8, 4) is 22.5 Å². The number of aromatic nitrogens is 5. The molecule has 37 heavy (non-hydrogen) atoms. The first-order valence-electron chi connectivity index (χ1n) is 12.4. The van der Waals surface area contributed by atoms with Gasteiger partial charge in [0.2, 0.25) is 0 Å². The van der Waals surface area contributed by atoms with Crippen LogP contribution in [0.4, 0.5) is 10.6 Å². The van der Waals surface area contributed by atoms with Crippen LogP contribution in [0.3, 0.4) is 0 Å². The van der Waals surface area contributed by atoms with Crippen molar-refractivity contribution >= 4 is 33.8 Å². The predicted molar refractivity (Wildman–Crippen MR) is 145 cm³/mol. The van der Waals surface area contributed by atoms with Crippen LogP contribution in [0, 0.1) is 0 Å². The van der Waals surface area contributed by atoms with Gasteiger partial charge >= 0.3 is 6.09 Å². The van der Waals surface area contributed by atoms with Crippen molar-refractivity contribution in [2.24, 2.45) is 0 Å². The Balaban J connectivity index is 0.000000514. The van der Waals surface area contributed by atoms with Crippen molar-refractivity contribution in [2.45, 2.75) is 38.1 Å². The summed E-state index contributed by atoms with van der Waals surface area (Å²) >= 11 is 0. The number of pyridine rings is 2. The van der Waals surface area contributed by atoms with Crippen molar-refractivity contribution in [2.75, 3.05) is 12.8 Å². The number of anilines is 1. The molecule has 1 saturated carbocycles. The molecular weight excluding hydrogens is 466 g/mol. The van der Waals surface area contributed by atoms with Crippen LogP contribution in [0.5, 0.6) is 0 Å². The first kappa shape index (κ1) is 24.2. The van der Waals surface area contributed by atoms with Crippen LogP contribution in [0.25, 0.3) is 44.5 Å². The molecule has 1 aromatic carbocycles. The highest BCUT2D eigenvalue weighted by Gasteiger charge is 2.22. The number of nitrogens with two attached hydrogens (primary N) is 1. The van der Waals surface area contributed by atoms with E-state index in [0.29, 0.717) is 11.9 Å². The summed E-state index contributed by atoms with van der Waals surface area (Å²) in [4.78, 5) is 27.5. The maximum absolute atomic E-state index is 9.26. The number of hydrogen-bond donors (Lipinski definition) is 3. The molecule has 1 aliphatic rings. The lowest BCUT2D eigenvalue weighted by atomic mass is 9.95. The average Bonchev–Trinajstić information content (AvgIpc) is 3.35. The van der Waals surface area contributed by atoms with Gasteiger partial charge in [-0.1, -0.05) is 43.5 Å². The maximum Gasteiger partial charge on any atom is 0.404 e. The fraction of sp³-hybridized carbons (Fsp3) is 0.250. The van der Waals surface area contributed by atoms with Crippen LogP contribution in [-0.4, -0.2) is 42.8 Å². The fourth-order valence-corrected chi connectivity index (χ4v) is 4.91. The average molecular weight is 496 g/mol. The summed E-state index contributed by atoms with van der Waals surface area (Å²) in [6, 6.07) is 16.8. The largest absolute Gasteiger partial charge is 0.465 e. The third-order valence-electron chi connectivity index (χ3n) is 6.75. The van der Waals surface area contributed by atoms with Gasteiger partial charge in [-0.15, -0.1) is 0 Å². The molecule has 9 nitrogen and oxygen atoms in total. The number of hydrogen-bond acceptors (Lipinski definition) is 6. The number of carboxylic acid groups (broad SMARTS) is 1. The number of fused-ring (bicyclic) bond motifs is 2. The summed E-state index contributed by atoms with van der Waals surface area (Å²) in [6.45, 7) is 0. The smallest absolute Gasteiger partial charge is 0.404 e. The second kappa shape index (κ2) is 10.6. The monoisotopic (exact) mass is 495 g/mol. The molecular formula is C28H29N7O2. The Morgan fingerprint density at radius 1 is 1.03 bits per heavy atom. The molecule has 5 aromatic rings. The Kier molecular flexibility index (Phi) is 6.93. The standard InChI is InChI=1S/C26H24N6.C2H5NO2/c27-25-24-20(15-32(26(24)30-16-29-25)19-6-2-1-3-7-19)18-10-9-17-11-12-22(31-23(17)14-18)21-8-4-5-13-28-21;1-3-2(4)5/h4-5,8-16,19H,1-3,6-7H2,(H2,27,29,30);3H,1H3,(H,4,5). The first-order valence-corrected chi connectivity index (χ1v) is 12.4. The van der Waals surface area contributed by atoms with Gasteiger partial charge in [0.05, 0.1) is 22.3 Å². The molecule has 188 valence electrons. The molecule has 9 heteroatoms. The Bertz CT molecular complexity index is 1540. The molecule has 0 spiro atoms. The summed E-state index contributed by atoms with van der Waals surface area (Å²) in [5, 5.41) is 11.6. The van der Waals surface area contributed by atoms with E-state index >= 15 is 0 Å². The second-order valence-corrected chi connectivity index (χ2v) is 9.07. The summed E-state index contributed by atoms with van der Waals surface area (Å²) < 4.78 is 2.32. The highest BCUT2D eigenvalue weighted by atomic mass is 16.4. The molecule has 4 heterocycles. The summed E-state index contributed by atoms with van der Waals surface area (Å²) in [6.07, 6.45) is 10.8. The molecule has 6 rings (SSSR count). The minimum Gasteiger partial charge on any atom is -0.465 e. The Morgan fingerprint density at radius 2 is 1.81 bits per heavy atom. The molecule has 0 bridgehead atoms. The van der Waals surface area contributed by atoms with Crippen LogP contribution in [0.1, 0.15) is 38.1 Å². The first-order chi connectivity index (χ1) is 18.0. The maximum atomic E-state index is 9.26. The number of nitrogen functional groups attached to an aromatic ring is 1. The Labute approximate surface area is 214 Å². The second-order valence-electron chi connectivity index (χ2n) is 9.07. The van der Waals surface area contributed by atoms with Crippen LogP contribution in [0.15, 0.2) is 67.3 Å². The summed E-state index contributed by atoms with van der Waals surface area (Å²) in [7, 11) is 1.35. The van der Waals surface area contributed by atoms with Gasteiger partial charge in [0.15, 0.2) is 0 Å². The van der Waals surface area contributed by atoms with Gasteiger partial charge < -0.3 is 20.7 Å². The number of amides is 1. The van der Waals surface area contributed by atoms with E-state index in [9.17, 15) is 4.79 Å². The van der Waals surface area contributed by atoms with E-state index in [1.165, 1.54) is 39.2 Å². The number of carbonyl (C=O) groups is 1. The molecule has 0 saturated heterocycles. The minimum absolute atomic E-state index is 0.462. The molecule has 0 aliphatic heterocycles. The molecule has 4 N–H and O–H groups in total. The molecule has 0 atom stereocenters. The normalized spacial score (nSPS) is 13.8. The van der Waals surface area contributed by atoms with Gasteiger partial charge in [0, 0.05) is 36.4 Å². The van der Waals surface area contributed by atoms with Gasteiger partial charge in [0.1, 0.15) is 17.8 Å². The SMILES string of the molecule is CNC(=O)O.Nc1ncnc2c1c(-c1ccc3ccc(-c4ccccn4)nc3c1)cn2C1CCCCC1. The molecule has 0 radical (unpaired) electrons. The number of nitrogens with zero attached hydrogens (tertiary/aromatic N) is 5. The molecule has 1 aliphatic carbocycles. The van der Waals surface area contributed by atoms with Crippen molar-refractivity contribution in [3.63, 3.8) is 0 Å². The molecule has 0 unspecified atom stereocenters. The topological polar surface area (TPSA) is 132 Å². The Morgan fingerprint density at radius 3 is 2.54 bits per heavy atom. The fourth-order valence-electron chi connectivity index (χ4n) is 4.91. The number of nitrogens with one attached hydrogen (secondary N) is 1. The van der Waals surface area contributed by atoms with Gasteiger partial charge in [0.25, 0.3) is 0 Å². The molecule has 1 amide bonds. The number of benzene rings is 1. The van der Waals surface area contributed by atoms with Gasteiger partial charge in [-0.3, -0.25) is 4.98 Å². The van der Waals surface area contributed by atoms with E-state index < -0.39 is 6.09 Å². The lowest BCUT2D eigenvalue weighted by Gasteiger charge is -2.23. The van der Waals surface area contributed by atoms with E-state index in [2.05, 4.69) is 50.0 Å². The van der Waals surface area contributed by atoms with Crippen molar-refractivity contribution in [3.05, 3.63) is 67.3 Å². The number of rotatable bonds is 3. The summed E-state index contributed by atoms with van der Waals surface area (Å²) in [5.41, 5.74) is 12.1. The van der Waals surface area contributed by atoms with E-state index in [1.54, 1.807) is 12.5 Å². The van der Waals surface area contributed by atoms with Gasteiger partial charge in [-0.05, 0) is 42.7 Å². The van der Waals surface area contributed by atoms with Crippen LogP contribution in [0.2, 0.25) is 0 Å². The highest BCUT2D eigenvalue weighted by molar-refractivity contribution is 6.02. The van der Waals surface area contributed by atoms with E-state index in [-0.39, 0.29) is 0 Å². The van der Waals surface area contributed by atoms with E-state index in [4.69, 9.17) is 15.8 Å². The Hall–Kier alpha value is -4.53. The zero-order chi connectivity index (χ0) is 25.8. The predicted octanol–water partition coefficient (Wildman–Crippen LogP) is 5.68. The molecule has 1 fully saturated rings. The van der Waals surface area contributed by atoms with Crippen LogP contribution in [-0.2, 0) is 0 Å². The lowest BCUT2D eigenvalue weighted by molar-refractivity contribution is 0.197. The van der Waals surface area contributed by atoms with Crippen molar-refractivity contribution in [1.82, 2.24) is 29.8 Å². The van der Waals surface area contributed by atoms with Crippen molar-refractivity contribution < 1.29 is 9.90 Å². The minimum atomic E-state index is -0.995. The van der Waals surface area contributed by atoms with E-state index in [0.717, 1.165) is 44.5 Å². The van der Waals surface area contributed by atoms with Gasteiger partial charge in [-0.25, -0.2) is 19.7 Å². The third kappa shape index (κ3) is 5.06. The lowest BCUT2D eigenvalue weighted by Crippen LogP contribution is -2.13. The zero-order valence-corrected chi connectivity index (χ0v) is 20.6. The van der Waals surface area contributed by atoms with Gasteiger partial charge in [-0.2, -0.15) is 0 Å². The van der Waals surface area contributed by atoms with Crippen LogP contribution >= 0.6 is 0 Å². The molecule has 4 aromatic heterocycles. The third-order valence-corrected chi connectivity index (χ3v) is 6.75. The van der Waals surface area contributed by atoms with Crippen molar-refractivity contribution in [1.29, 1.82) is 0 Å². The van der Waals surface area contributed by atoms with Crippen LogP contribution < -0.4 is 11.1 Å². The highest BCUT2D eigenvalue weighted by Crippen LogP contribution is 2.38.